The molecule has 0 saturated carbocycles. The summed E-state index contributed by atoms with van der Waals surface area (Å²) in [6, 6.07) is 5.27. The van der Waals surface area contributed by atoms with Crippen LogP contribution in [0.25, 0.3) is 6.08 Å². The molecule has 0 heterocycles. The summed E-state index contributed by atoms with van der Waals surface area (Å²) in [7, 11) is 7.65. The van der Waals surface area contributed by atoms with Gasteiger partial charge in [0.25, 0.3) is 5.91 Å². The number of amides is 1. The van der Waals surface area contributed by atoms with Crippen LogP contribution in [0.5, 0.6) is 17.2 Å². The predicted molar refractivity (Wildman–Crippen MR) is 78.4 cm³/mol. The van der Waals surface area contributed by atoms with Gasteiger partial charge in [0.2, 0.25) is 5.75 Å². The second-order valence-electron chi connectivity index (χ2n) is 4.29. The van der Waals surface area contributed by atoms with Crippen molar-refractivity contribution in [1.29, 1.82) is 5.26 Å². The molecule has 112 valence electrons. The van der Waals surface area contributed by atoms with E-state index in [1.54, 1.807) is 26.2 Å². The van der Waals surface area contributed by atoms with Gasteiger partial charge in [0.05, 0.1) is 21.3 Å². The third kappa shape index (κ3) is 3.45. The van der Waals surface area contributed by atoms with E-state index in [2.05, 4.69) is 0 Å². The van der Waals surface area contributed by atoms with E-state index in [1.807, 2.05) is 6.07 Å². The first kappa shape index (κ1) is 16.4. The molecule has 1 rings (SSSR count). The van der Waals surface area contributed by atoms with Crippen LogP contribution in [0.4, 0.5) is 0 Å². The average Bonchev–Trinajstić information content (AvgIpc) is 2.50. The molecule has 0 atom stereocenters. The third-order valence-corrected chi connectivity index (χ3v) is 2.79. The lowest BCUT2D eigenvalue weighted by atomic mass is 10.1. The van der Waals surface area contributed by atoms with Crippen LogP contribution in [0.15, 0.2) is 17.7 Å². The quantitative estimate of drug-likeness (QED) is 0.610. The van der Waals surface area contributed by atoms with Gasteiger partial charge < -0.3 is 19.1 Å². The predicted octanol–water partition coefficient (Wildman–Crippen LogP) is 1.71. The Morgan fingerprint density at radius 1 is 1.14 bits per heavy atom. The van der Waals surface area contributed by atoms with Crippen LogP contribution in [0.1, 0.15) is 5.56 Å². The van der Waals surface area contributed by atoms with E-state index in [0.717, 1.165) is 0 Å². The normalized spacial score (nSPS) is 10.6. The summed E-state index contributed by atoms with van der Waals surface area (Å²) in [4.78, 5) is 13.2. The van der Waals surface area contributed by atoms with Crippen molar-refractivity contribution in [3.8, 4) is 23.3 Å². The lowest BCUT2D eigenvalue weighted by Gasteiger charge is -2.14. The zero-order valence-corrected chi connectivity index (χ0v) is 12.8. The second-order valence-corrected chi connectivity index (χ2v) is 4.29. The largest absolute Gasteiger partial charge is 0.493 e. The maximum Gasteiger partial charge on any atom is 0.264 e. The number of nitriles is 1. The van der Waals surface area contributed by atoms with Crippen molar-refractivity contribution >= 4 is 12.0 Å². The van der Waals surface area contributed by atoms with Crippen molar-refractivity contribution in [1.82, 2.24) is 4.90 Å². The van der Waals surface area contributed by atoms with Crippen molar-refractivity contribution < 1.29 is 19.0 Å². The molecule has 0 N–H and O–H groups in total. The number of ether oxygens (including phenoxy) is 3. The minimum Gasteiger partial charge on any atom is -0.493 e. The first-order chi connectivity index (χ1) is 9.99. The number of rotatable bonds is 5. The highest BCUT2D eigenvalue weighted by molar-refractivity contribution is 6.01. The van der Waals surface area contributed by atoms with Crippen molar-refractivity contribution in [3.05, 3.63) is 23.3 Å². The summed E-state index contributed by atoms with van der Waals surface area (Å²) in [6.45, 7) is 0. The SMILES string of the molecule is COc1ccc(/C=C(\C#N)C(=O)N(C)C)c(OC)c1OC. The molecule has 0 aromatic heterocycles. The number of likely N-dealkylation sites (N-methyl/N-ethyl adjacent to an activating group) is 1. The molecule has 0 unspecified atom stereocenters. The van der Waals surface area contributed by atoms with Gasteiger partial charge in [-0.25, -0.2) is 0 Å². The van der Waals surface area contributed by atoms with Gasteiger partial charge >= 0.3 is 0 Å². The zero-order chi connectivity index (χ0) is 16.0. The molecule has 6 nitrogen and oxygen atoms in total. The fourth-order valence-corrected chi connectivity index (χ4v) is 1.78. The molecule has 0 aliphatic rings. The molecular formula is C15H18N2O4. The van der Waals surface area contributed by atoms with E-state index < -0.39 is 0 Å². The Bertz CT molecular complexity index is 600. The molecule has 1 aromatic carbocycles. The van der Waals surface area contributed by atoms with E-state index in [4.69, 9.17) is 19.5 Å². The minimum atomic E-state index is -0.380. The molecule has 0 spiro atoms. The van der Waals surface area contributed by atoms with Crippen LogP contribution in [-0.2, 0) is 4.79 Å². The van der Waals surface area contributed by atoms with E-state index >= 15 is 0 Å². The average molecular weight is 290 g/mol. The molecule has 0 aliphatic carbocycles. The van der Waals surface area contributed by atoms with Gasteiger partial charge in [-0.3, -0.25) is 4.79 Å². The summed E-state index contributed by atoms with van der Waals surface area (Å²) >= 11 is 0. The first-order valence-electron chi connectivity index (χ1n) is 6.12. The van der Waals surface area contributed by atoms with Gasteiger partial charge in [0.1, 0.15) is 11.6 Å². The Morgan fingerprint density at radius 2 is 1.76 bits per heavy atom. The number of hydrogen-bond donors (Lipinski definition) is 0. The number of benzene rings is 1. The smallest absolute Gasteiger partial charge is 0.264 e. The van der Waals surface area contributed by atoms with Gasteiger partial charge in [-0.05, 0) is 18.2 Å². The number of hydrogen-bond acceptors (Lipinski definition) is 5. The van der Waals surface area contributed by atoms with Crippen LogP contribution >= 0.6 is 0 Å². The van der Waals surface area contributed by atoms with Gasteiger partial charge in [-0.1, -0.05) is 0 Å². The third-order valence-electron chi connectivity index (χ3n) is 2.79. The highest BCUT2D eigenvalue weighted by atomic mass is 16.5. The maximum atomic E-state index is 11.9. The summed E-state index contributed by atoms with van der Waals surface area (Å²) in [5.41, 5.74) is 0.562. The maximum absolute atomic E-state index is 11.9. The summed E-state index contributed by atoms with van der Waals surface area (Å²) in [5.74, 6) is 0.928. The molecule has 0 fully saturated rings. The lowest BCUT2D eigenvalue weighted by Crippen LogP contribution is -2.22. The monoisotopic (exact) mass is 290 g/mol. The zero-order valence-electron chi connectivity index (χ0n) is 12.8. The number of methoxy groups -OCH3 is 3. The first-order valence-corrected chi connectivity index (χ1v) is 6.12. The lowest BCUT2D eigenvalue weighted by molar-refractivity contribution is -0.124. The fraction of sp³-hybridized carbons (Fsp3) is 0.333. The van der Waals surface area contributed by atoms with Crippen molar-refractivity contribution in [2.75, 3.05) is 35.4 Å². The van der Waals surface area contributed by atoms with Gasteiger partial charge in [-0.2, -0.15) is 5.26 Å². The Kier molecular flexibility index (Phi) is 5.61. The molecule has 0 aliphatic heterocycles. The molecular weight excluding hydrogens is 272 g/mol. The summed E-state index contributed by atoms with van der Waals surface area (Å²) < 4.78 is 15.8. The van der Waals surface area contributed by atoms with Crippen LogP contribution in [-0.4, -0.2) is 46.2 Å². The van der Waals surface area contributed by atoms with Gasteiger partial charge in [0, 0.05) is 19.7 Å². The van der Waals surface area contributed by atoms with E-state index in [1.165, 1.54) is 32.3 Å². The van der Waals surface area contributed by atoms with Crippen LogP contribution in [0.3, 0.4) is 0 Å². The molecule has 0 saturated heterocycles. The van der Waals surface area contributed by atoms with E-state index in [0.29, 0.717) is 22.8 Å². The highest BCUT2D eigenvalue weighted by Gasteiger charge is 2.17. The number of carbonyl (C=O) groups is 1. The molecule has 21 heavy (non-hydrogen) atoms. The van der Waals surface area contributed by atoms with E-state index in [9.17, 15) is 4.79 Å². The van der Waals surface area contributed by atoms with Crippen molar-refractivity contribution in [2.45, 2.75) is 0 Å². The molecule has 1 amide bonds. The van der Waals surface area contributed by atoms with Gasteiger partial charge in [-0.15, -0.1) is 0 Å². The Morgan fingerprint density at radius 3 is 2.19 bits per heavy atom. The molecule has 0 bridgehead atoms. The topological polar surface area (TPSA) is 71.8 Å². The second kappa shape index (κ2) is 7.20. The minimum absolute atomic E-state index is 0.00511. The Balaban J connectivity index is 3.44. The van der Waals surface area contributed by atoms with Crippen LogP contribution < -0.4 is 14.2 Å². The highest BCUT2D eigenvalue weighted by Crippen LogP contribution is 2.40. The standard InChI is InChI=1S/C15H18N2O4/c1-17(2)15(18)11(9-16)8-10-6-7-12(19-3)14(21-5)13(10)20-4/h6-8H,1-5H3/b11-8+. The fourth-order valence-electron chi connectivity index (χ4n) is 1.78. The summed E-state index contributed by atoms with van der Waals surface area (Å²) in [5, 5.41) is 9.13. The van der Waals surface area contributed by atoms with Crippen molar-refractivity contribution in [2.24, 2.45) is 0 Å². The molecule has 0 radical (unpaired) electrons. The Labute approximate surface area is 124 Å². The van der Waals surface area contributed by atoms with Crippen molar-refractivity contribution in [3.63, 3.8) is 0 Å². The number of carbonyl (C=O) groups excluding carboxylic acids is 1. The van der Waals surface area contributed by atoms with Crippen LogP contribution in [0.2, 0.25) is 0 Å². The van der Waals surface area contributed by atoms with Gasteiger partial charge in [0.15, 0.2) is 11.5 Å². The van der Waals surface area contributed by atoms with Crippen LogP contribution in [0, 0.1) is 11.3 Å². The van der Waals surface area contributed by atoms with E-state index in [-0.39, 0.29) is 11.5 Å². The number of nitrogens with zero attached hydrogens (tertiary/aromatic N) is 2. The Hall–Kier alpha value is -2.68. The summed E-state index contributed by atoms with van der Waals surface area (Å²) in [6.07, 6.45) is 1.46. The molecule has 1 aromatic rings. The molecule has 6 heteroatoms.